The van der Waals surface area contributed by atoms with Crippen molar-refractivity contribution in [2.45, 2.75) is 49.9 Å². The molecule has 1 aromatic rings. The van der Waals surface area contributed by atoms with Crippen molar-refractivity contribution in [1.29, 1.82) is 0 Å². The third-order valence-corrected chi connectivity index (χ3v) is 6.04. The van der Waals surface area contributed by atoms with Crippen molar-refractivity contribution in [3.8, 4) is 0 Å². The van der Waals surface area contributed by atoms with Crippen LogP contribution < -0.4 is 5.32 Å². The molecule has 2 aliphatic rings. The van der Waals surface area contributed by atoms with E-state index in [4.69, 9.17) is 4.74 Å². The Labute approximate surface area is 141 Å². The minimum Gasteiger partial charge on any atom is -0.386 e. The van der Waals surface area contributed by atoms with Gasteiger partial charge in [-0.05, 0) is 55.6 Å². The lowest BCUT2D eigenvalue weighted by molar-refractivity contribution is -0.192. The second-order valence-electron chi connectivity index (χ2n) is 7.06. The van der Waals surface area contributed by atoms with E-state index in [0.717, 1.165) is 37.9 Å². The molecular weight excluding hydrogens is 312 g/mol. The van der Waals surface area contributed by atoms with E-state index in [-0.39, 0.29) is 17.6 Å². The molecule has 0 bridgehead atoms. The molecule has 0 unspecified atom stereocenters. The van der Waals surface area contributed by atoms with Gasteiger partial charge in [0.2, 0.25) is 5.91 Å². The van der Waals surface area contributed by atoms with E-state index in [2.05, 4.69) is 5.32 Å². The van der Waals surface area contributed by atoms with Crippen molar-refractivity contribution in [3.05, 3.63) is 22.4 Å². The molecule has 2 fully saturated rings. The lowest BCUT2D eigenvalue weighted by Gasteiger charge is -2.50. The molecule has 2 aliphatic heterocycles. The normalized spacial score (nSPS) is 30.6. The van der Waals surface area contributed by atoms with Crippen LogP contribution in [0.25, 0.3) is 0 Å². The van der Waals surface area contributed by atoms with Gasteiger partial charge in [0.05, 0.1) is 18.6 Å². The van der Waals surface area contributed by atoms with Gasteiger partial charge in [0.15, 0.2) is 0 Å². The second-order valence-corrected chi connectivity index (χ2v) is 7.84. The lowest BCUT2D eigenvalue weighted by atomic mass is 9.77. The van der Waals surface area contributed by atoms with Crippen LogP contribution in [0.2, 0.25) is 0 Å². The maximum absolute atomic E-state index is 12.4. The number of likely N-dealkylation sites (N-methyl/N-ethyl adjacent to an activating group) is 1. The molecule has 128 valence electrons. The third kappa shape index (κ3) is 3.60. The number of amides is 1. The summed E-state index contributed by atoms with van der Waals surface area (Å²) in [6.45, 7) is 3.64. The first kappa shape index (κ1) is 16.9. The highest BCUT2D eigenvalue weighted by Crippen LogP contribution is 2.38. The van der Waals surface area contributed by atoms with Crippen molar-refractivity contribution in [1.82, 2.24) is 10.2 Å². The summed E-state index contributed by atoms with van der Waals surface area (Å²) in [6.07, 6.45) is 2.97. The van der Waals surface area contributed by atoms with Gasteiger partial charge in [-0.2, -0.15) is 11.3 Å². The minimum atomic E-state index is -0.827. The minimum absolute atomic E-state index is 0.0318. The predicted octanol–water partition coefficient (Wildman–Crippen LogP) is 1.41. The van der Waals surface area contributed by atoms with Crippen LogP contribution in [0.3, 0.4) is 0 Å². The number of likely N-dealkylation sites (tertiary alicyclic amines) is 1. The molecule has 2 saturated heterocycles. The smallest absolute Gasteiger partial charge is 0.227 e. The molecular formula is C17H26N2O3S. The van der Waals surface area contributed by atoms with E-state index >= 15 is 0 Å². The summed E-state index contributed by atoms with van der Waals surface area (Å²) in [5.74, 6) is 0.200. The number of piperidine rings is 1. The van der Waals surface area contributed by atoms with Gasteiger partial charge in [0, 0.05) is 19.1 Å². The maximum Gasteiger partial charge on any atom is 0.227 e. The summed E-state index contributed by atoms with van der Waals surface area (Å²) in [5, 5.41) is 17.6. The molecule has 0 radical (unpaired) electrons. The molecule has 2 N–H and O–H groups in total. The van der Waals surface area contributed by atoms with E-state index < -0.39 is 5.60 Å². The van der Waals surface area contributed by atoms with Crippen molar-refractivity contribution < 1.29 is 14.6 Å². The Morgan fingerprint density at radius 1 is 1.52 bits per heavy atom. The van der Waals surface area contributed by atoms with Gasteiger partial charge < -0.3 is 20.1 Å². The third-order valence-electron chi connectivity index (χ3n) is 5.31. The number of rotatable bonds is 3. The molecule has 3 rings (SSSR count). The van der Waals surface area contributed by atoms with Gasteiger partial charge in [-0.1, -0.05) is 0 Å². The zero-order valence-electron chi connectivity index (χ0n) is 13.9. The summed E-state index contributed by atoms with van der Waals surface area (Å²) < 4.78 is 6.06. The van der Waals surface area contributed by atoms with Crippen molar-refractivity contribution >= 4 is 17.2 Å². The fourth-order valence-corrected chi connectivity index (χ4v) is 4.32. The first-order valence-corrected chi connectivity index (χ1v) is 9.21. The number of hydrogen-bond donors (Lipinski definition) is 2. The van der Waals surface area contributed by atoms with Gasteiger partial charge in [-0.3, -0.25) is 4.79 Å². The second kappa shape index (κ2) is 6.51. The van der Waals surface area contributed by atoms with Crippen LogP contribution in [0.4, 0.5) is 0 Å². The number of aliphatic hydroxyl groups is 1. The van der Waals surface area contributed by atoms with Crippen molar-refractivity contribution in [2.24, 2.45) is 0 Å². The van der Waals surface area contributed by atoms with Crippen LogP contribution in [-0.4, -0.2) is 59.9 Å². The Balaban J connectivity index is 1.57. The molecule has 2 atom stereocenters. The first-order valence-electron chi connectivity index (χ1n) is 8.27. The fourth-order valence-electron chi connectivity index (χ4n) is 3.66. The number of nitrogens with zero attached hydrogens (tertiary/aromatic N) is 1. The molecule has 0 aliphatic carbocycles. The summed E-state index contributed by atoms with van der Waals surface area (Å²) in [5.41, 5.74) is 0.0709. The van der Waals surface area contributed by atoms with Gasteiger partial charge in [-0.25, -0.2) is 0 Å². The standard InChI is InChI=1S/C17H26N2O3S/c1-16(21)12-22-17(10-14(16)18-2)4-6-19(7-5-17)15(20)9-13-3-8-23-11-13/h3,8,11,14,18,21H,4-7,9-10,12H2,1-2H3/t14-,16-/m0/s1. The van der Waals surface area contributed by atoms with E-state index in [0.29, 0.717) is 13.0 Å². The highest BCUT2D eigenvalue weighted by Gasteiger charge is 2.48. The zero-order chi connectivity index (χ0) is 16.5. The highest BCUT2D eigenvalue weighted by molar-refractivity contribution is 7.07. The van der Waals surface area contributed by atoms with Gasteiger partial charge in [0.25, 0.3) is 0 Å². The van der Waals surface area contributed by atoms with Crippen LogP contribution in [0.15, 0.2) is 16.8 Å². The average Bonchev–Trinajstić information content (AvgIpc) is 3.03. The van der Waals surface area contributed by atoms with Crippen LogP contribution in [0.1, 0.15) is 31.7 Å². The summed E-state index contributed by atoms with van der Waals surface area (Å²) >= 11 is 1.63. The zero-order valence-corrected chi connectivity index (χ0v) is 14.7. The number of ether oxygens (including phenoxy) is 1. The van der Waals surface area contributed by atoms with E-state index in [1.165, 1.54) is 0 Å². The first-order chi connectivity index (χ1) is 10.9. The topological polar surface area (TPSA) is 61.8 Å². The van der Waals surface area contributed by atoms with E-state index in [1.54, 1.807) is 11.3 Å². The summed E-state index contributed by atoms with van der Waals surface area (Å²) in [7, 11) is 1.89. The van der Waals surface area contributed by atoms with Crippen LogP contribution in [-0.2, 0) is 16.0 Å². The molecule has 23 heavy (non-hydrogen) atoms. The van der Waals surface area contributed by atoms with E-state index in [1.807, 2.05) is 35.7 Å². The number of nitrogens with one attached hydrogen (secondary N) is 1. The van der Waals surface area contributed by atoms with Crippen LogP contribution in [0.5, 0.6) is 0 Å². The number of carbonyl (C=O) groups is 1. The van der Waals surface area contributed by atoms with Crippen LogP contribution >= 0.6 is 11.3 Å². The SMILES string of the molecule is CN[C@H]1CC2(CCN(C(=O)Cc3ccsc3)CC2)OC[C@]1(C)O. The highest BCUT2D eigenvalue weighted by atomic mass is 32.1. The van der Waals surface area contributed by atoms with E-state index in [9.17, 15) is 9.90 Å². The Bertz CT molecular complexity index is 536. The maximum atomic E-state index is 12.4. The number of thiophene rings is 1. The van der Waals surface area contributed by atoms with Gasteiger partial charge in [0.1, 0.15) is 5.60 Å². The number of carbonyl (C=O) groups excluding carboxylic acids is 1. The number of hydrogen-bond acceptors (Lipinski definition) is 5. The molecule has 1 aromatic heterocycles. The quantitative estimate of drug-likeness (QED) is 0.875. The van der Waals surface area contributed by atoms with Gasteiger partial charge in [-0.15, -0.1) is 0 Å². The van der Waals surface area contributed by atoms with Crippen LogP contribution in [0, 0.1) is 0 Å². The average molecular weight is 338 g/mol. The predicted molar refractivity (Wildman–Crippen MR) is 90.6 cm³/mol. The Morgan fingerprint density at radius 2 is 2.26 bits per heavy atom. The molecule has 1 amide bonds. The largest absolute Gasteiger partial charge is 0.386 e. The molecule has 5 nitrogen and oxygen atoms in total. The molecule has 0 aromatic carbocycles. The Kier molecular flexibility index (Phi) is 4.78. The lowest BCUT2D eigenvalue weighted by Crippen LogP contribution is -2.62. The summed E-state index contributed by atoms with van der Waals surface area (Å²) in [4.78, 5) is 14.3. The Morgan fingerprint density at radius 3 is 2.87 bits per heavy atom. The fraction of sp³-hybridized carbons (Fsp3) is 0.706. The monoisotopic (exact) mass is 338 g/mol. The van der Waals surface area contributed by atoms with Crippen molar-refractivity contribution in [2.75, 3.05) is 26.7 Å². The summed E-state index contributed by atoms with van der Waals surface area (Å²) in [6, 6.07) is 2.04. The molecule has 1 spiro atoms. The van der Waals surface area contributed by atoms with Gasteiger partial charge >= 0.3 is 0 Å². The van der Waals surface area contributed by atoms with Crippen molar-refractivity contribution in [3.63, 3.8) is 0 Å². The molecule has 3 heterocycles. The molecule has 0 saturated carbocycles. The molecule has 6 heteroatoms. The Hall–Kier alpha value is -0.950.